The molecule has 9 atom stereocenters. The van der Waals surface area contributed by atoms with Gasteiger partial charge in [-0.3, -0.25) is 0 Å². The first kappa shape index (κ1) is 21.1. The molecule has 9 N–H and O–H groups in total. The van der Waals surface area contributed by atoms with Gasteiger partial charge in [0.25, 0.3) is 0 Å². The van der Waals surface area contributed by atoms with E-state index in [4.69, 9.17) is 24.8 Å². The standard InChI is InChI=1S/C12H22O12/c13-1-3(15)10(7(18)8(19)11(21)22)24-12-9(20)6(17)5(16)4(2-14)23-12/h3-10,12-20H,1-2H2,(H,21,22)/t3-,4-,5+,6+,7-,8-,9-,10?,12+/m1/s1. The first-order chi connectivity index (χ1) is 11.1. The molecule has 1 aliphatic heterocycles. The van der Waals surface area contributed by atoms with Crippen LogP contribution < -0.4 is 0 Å². The molecule has 12 heteroatoms. The lowest BCUT2D eigenvalue weighted by Gasteiger charge is -2.42. The van der Waals surface area contributed by atoms with Crippen molar-refractivity contribution in [2.75, 3.05) is 13.2 Å². The normalized spacial score (nSPS) is 35.9. The Labute approximate surface area is 135 Å². The van der Waals surface area contributed by atoms with Gasteiger partial charge in [0, 0.05) is 0 Å². The predicted octanol–water partition coefficient (Wildman–Crippen LogP) is -5.67. The Hall–Kier alpha value is -0.930. The van der Waals surface area contributed by atoms with Gasteiger partial charge in [-0.05, 0) is 0 Å². The smallest absolute Gasteiger partial charge is 0.335 e. The summed E-state index contributed by atoms with van der Waals surface area (Å²) in [6, 6.07) is 0. The summed E-state index contributed by atoms with van der Waals surface area (Å²) in [6.07, 6.45) is -16.9. The van der Waals surface area contributed by atoms with Gasteiger partial charge in [0.2, 0.25) is 0 Å². The minimum absolute atomic E-state index is 0.766. The number of carboxylic acid groups (broad SMARTS) is 1. The van der Waals surface area contributed by atoms with Crippen LogP contribution >= 0.6 is 0 Å². The van der Waals surface area contributed by atoms with Crippen molar-refractivity contribution in [3.05, 3.63) is 0 Å². The van der Waals surface area contributed by atoms with E-state index in [1.54, 1.807) is 0 Å². The topological polar surface area (TPSA) is 218 Å². The van der Waals surface area contributed by atoms with Crippen molar-refractivity contribution >= 4 is 5.97 Å². The van der Waals surface area contributed by atoms with Crippen molar-refractivity contribution in [3.8, 4) is 0 Å². The molecule has 0 saturated carbocycles. The Balaban J connectivity index is 2.94. The lowest BCUT2D eigenvalue weighted by Crippen LogP contribution is -2.61. The van der Waals surface area contributed by atoms with Crippen molar-refractivity contribution in [3.63, 3.8) is 0 Å². The highest BCUT2D eigenvalue weighted by molar-refractivity contribution is 5.72. The maximum absolute atomic E-state index is 10.7. The quantitative estimate of drug-likeness (QED) is 0.198. The Morgan fingerprint density at radius 3 is 2.08 bits per heavy atom. The van der Waals surface area contributed by atoms with E-state index < -0.39 is 74.3 Å². The zero-order valence-electron chi connectivity index (χ0n) is 12.4. The molecule has 1 fully saturated rings. The molecule has 0 aromatic carbocycles. The van der Waals surface area contributed by atoms with E-state index in [2.05, 4.69) is 0 Å². The van der Waals surface area contributed by atoms with Gasteiger partial charge < -0.3 is 55.4 Å². The molecule has 0 spiro atoms. The number of rotatable bonds is 8. The first-order valence-electron chi connectivity index (χ1n) is 6.99. The van der Waals surface area contributed by atoms with Crippen molar-refractivity contribution in [2.24, 2.45) is 0 Å². The number of carboxylic acids is 1. The van der Waals surface area contributed by atoms with Crippen molar-refractivity contribution in [2.45, 2.75) is 55.1 Å². The van der Waals surface area contributed by atoms with E-state index >= 15 is 0 Å². The molecule has 0 aromatic heterocycles. The number of aliphatic hydroxyl groups excluding tert-OH is 8. The van der Waals surface area contributed by atoms with E-state index in [0.717, 1.165) is 0 Å². The molecule has 1 rings (SSSR count). The van der Waals surface area contributed by atoms with Crippen LogP contribution in [-0.2, 0) is 14.3 Å². The van der Waals surface area contributed by atoms with Crippen LogP contribution in [0.15, 0.2) is 0 Å². The Kier molecular flexibility index (Phi) is 7.88. The fraction of sp³-hybridized carbons (Fsp3) is 0.917. The fourth-order valence-electron chi connectivity index (χ4n) is 2.16. The third-order valence-electron chi connectivity index (χ3n) is 3.62. The molecule has 0 amide bonds. The van der Waals surface area contributed by atoms with E-state index in [1.165, 1.54) is 0 Å². The molecule has 0 bridgehead atoms. The van der Waals surface area contributed by atoms with Crippen molar-refractivity contribution in [1.29, 1.82) is 0 Å². The zero-order chi connectivity index (χ0) is 18.6. The lowest BCUT2D eigenvalue weighted by atomic mass is 9.98. The molecule has 0 aliphatic carbocycles. The molecule has 1 unspecified atom stereocenters. The summed E-state index contributed by atoms with van der Waals surface area (Å²) in [5.74, 6) is -1.84. The minimum atomic E-state index is -2.39. The van der Waals surface area contributed by atoms with E-state index in [-0.39, 0.29) is 0 Å². The molecule has 1 saturated heterocycles. The van der Waals surface area contributed by atoms with Gasteiger partial charge >= 0.3 is 5.97 Å². The van der Waals surface area contributed by atoms with Crippen LogP contribution in [0.4, 0.5) is 0 Å². The van der Waals surface area contributed by atoms with E-state index in [1.807, 2.05) is 0 Å². The summed E-state index contributed by atoms with van der Waals surface area (Å²) in [6.45, 7) is -1.76. The van der Waals surface area contributed by atoms with Crippen LogP contribution in [0, 0.1) is 0 Å². The van der Waals surface area contributed by atoms with Crippen molar-refractivity contribution in [1.82, 2.24) is 0 Å². The molecule has 1 aliphatic rings. The van der Waals surface area contributed by atoms with E-state index in [9.17, 15) is 35.4 Å². The summed E-state index contributed by atoms with van der Waals surface area (Å²) in [4.78, 5) is 10.7. The van der Waals surface area contributed by atoms with Crippen LogP contribution in [0.1, 0.15) is 0 Å². The number of hydrogen-bond donors (Lipinski definition) is 9. The van der Waals surface area contributed by atoms with Crippen molar-refractivity contribution < 1.29 is 60.2 Å². The monoisotopic (exact) mass is 358 g/mol. The van der Waals surface area contributed by atoms with Gasteiger partial charge in [0.05, 0.1) is 13.2 Å². The zero-order valence-corrected chi connectivity index (χ0v) is 12.4. The average molecular weight is 358 g/mol. The molecule has 0 radical (unpaired) electrons. The largest absolute Gasteiger partial charge is 0.479 e. The molecule has 24 heavy (non-hydrogen) atoms. The molecule has 142 valence electrons. The van der Waals surface area contributed by atoms with Crippen LogP contribution in [0.5, 0.6) is 0 Å². The Bertz CT molecular complexity index is 403. The Morgan fingerprint density at radius 1 is 1.04 bits per heavy atom. The number of aliphatic carboxylic acids is 1. The maximum Gasteiger partial charge on any atom is 0.335 e. The summed E-state index contributed by atoms with van der Waals surface area (Å²) in [5, 5.41) is 84.5. The predicted molar refractivity (Wildman–Crippen MR) is 71.4 cm³/mol. The van der Waals surface area contributed by atoms with Crippen LogP contribution in [0.3, 0.4) is 0 Å². The minimum Gasteiger partial charge on any atom is -0.479 e. The van der Waals surface area contributed by atoms with Gasteiger partial charge in [-0.2, -0.15) is 0 Å². The highest BCUT2D eigenvalue weighted by atomic mass is 16.7. The molecular formula is C12H22O12. The number of aliphatic hydroxyl groups is 8. The summed E-state index contributed by atoms with van der Waals surface area (Å²) in [5.41, 5.74) is 0. The van der Waals surface area contributed by atoms with Gasteiger partial charge in [-0.15, -0.1) is 0 Å². The molecule has 12 nitrogen and oxygen atoms in total. The van der Waals surface area contributed by atoms with Gasteiger partial charge in [0.15, 0.2) is 12.4 Å². The van der Waals surface area contributed by atoms with Gasteiger partial charge in [0.1, 0.15) is 42.7 Å². The highest BCUT2D eigenvalue weighted by Crippen LogP contribution is 2.24. The van der Waals surface area contributed by atoms with Crippen LogP contribution in [0.2, 0.25) is 0 Å². The second kappa shape index (κ2) is 8.96. The highest BCUT2D eigenvalue weighted by Gasteiger charge is 2.47. The number of ether oxygens (including phenoxy) is 2. The fourth-order valence-corrected chi connectivity index (χ4v) is 2.16. The van der Waals surface area contributed by atoms with E-state index in [0.29, 0.717) is 0 Å². The van der Waals surface area contributed by atoms with Crippen LogP contribution in [-0.4, -0.2) is 120 Å². The summed E-state index contributed by atoms with van der Waals surface area (Å²) >= 11 is 0. The molecular weight excluding hydrogens is 336 g/mol. The first-order valence-corrected chi connectivity index (χ1v) is 6.99. The second-order valence-electron chi connectivity index (χ2n) is 5.32. The number of carbonyl (C=O) groups is 1. The summed E-state index contributed by atoms with van der Waals surface area (Å²) in [7, 11) is 0. The lowest BCUT2D eigenvalue weighted by molar-refractivity contribution is -0.326. The van der Waals surface area contributed by atoms with Crippen LogP contribution in [0.25, 0.3) is 0 Å². The maximum atomic E-state index is 10.7. The molecule has 0 aromatic rings. The third-order valence-corrected chi connectivity index (χ3v) is 3.62. The average Bonchev–Trinajstić information content (AvgIpc) is 2.57. The third kappa shape index (κ3) is 4.58. The Morgan fingerprint density at radius 2 is 1.62 bits per heavy atom. The second-order valence-corrected chi connectivity index (χ2v) is 5.32. The molecule has 1 heterocycles. The summed E-state index contributed by atoms with van der Waals surface area (Å²) < 4.78 is 9.98. The number of hydrogen-bond acceptors (Lipinski definition) is 11. The van der Waals surface area contributed by atoms with Gasteiger partial charge in [-0.1, -0.05) is 0 Å². The van der Waals surface area contributed by atoms with Gasteiger partial charge in [-0.25, -0.2) is 4.79 Å². The SMILES string of the molecule is O=C(O)[C@H](O)[C@@H](O)C(O[C@@H]1O[C@H](CO)[C@H](O)[C@H](O)[C@H]1O)[C@H](O)CO.